The lowest BCUT2D eigenvalue weighted by atomic mass is 9.94. The SMILES string of the molecule is CCN1CCCC(=O)C1c1ccc(O)cc1. The molecule has 2 rings (SSSR count). The fraction of sp³-hybridized carbons (Fsp3) is 0.462. The Morgan fingerprint density at radius 3 is 2.69 bits per heavy atom. The van der Waals surface area contributed by atoms with Gasteiger partial charge in [0.1, 0.15) is 5.75 Å². The molecule has 0 saturated carbocycles. The van der Waals surface area contributed by atoms with Gasteiger partial charge in [0.25, 0.3) is 0 Å². The lowest BCUT2D eigenvalue weighted by Gasteiger charge is -2.33. The predicted octanol–water partition coefficient (Wildman–Crippen LogP) is 2.12. The van der Waals surface area contributed by atoms with Crippen LogP contribution < -0.4 is 0 Å². The molecule has 0 bridgehead atoms. The number of phenols is 1. The summed E-state index contributed by atoms with van der Waals surface area (Å²) in [5, 5.41) is 9.25. The van der Waals surface area contributed by atoms with E-state index in [1.54, 1.807) is 12.1 Å². The number of phenolic OH excluding ortho intramolecular Hbond substituents is 1. The van der Waals surface area contributed by atoms with Crippen molar-refractivity contribution < 1.29 is 9.90 Å². The number of carbonyl (C=O) groups is 1. The van der Waals surface area contributed by atoms with Gasteiger partial charge in [0.2, 0.25) is 0 Å². The molecule has 0 aromatic heterocycles. The topological polar surface area (TPSA) is 40.5 Å². The van der Waals surface area contributed by atoms with Gasteiger partial charge in [-0.25, -0.2) is 0 Å². The molecule has 1 N–H and O–H groups in total. The summed E-state index contributed by atoms with van der Waals surface area (Å²) in [7, 11) is 0. The molecule has 86 valence electrons. The molecule has 1 unspecified atom stereocenters. The highest BCUT2D eigenvalue weighted by Gasteiger charge is 2.29. The molecule has 0 spiro atoms. The van der Waals surface area contributed by atoms with Gasteiger partial charge in [0, 0.05) is 6.42 Å². The van der Waals surface area contributed by atoms with Crippen LogP contribution >= 0.6 is 0 Å². The van der Waals surface area contributed by atoms with Crippen LogP contribution in [0.2, 0.25) is 0 Å². The van der Waals surface area contributed by atoms with Gasteiger partial charge in [-0.05, 0) is 37.2 Å². The quantitative estimate of drug-likeness (QED) is 0.828. The van der Waals surface area contributed by atoms with Gasteiger partial charge in [-0.3, -0.25) is 9.69 Å². The number of likely N-dealkylation sites (tertiary alicyclic amines) is 1. The van der Waals surface area contributed by atoms with Crippen molar-refractivity contribution in [1.82, 2.24) is 4.90 Å². The van der Waals surface area contributed by atoms with Crippen molar-refractivity contribution in [2.24, 2.45) is 0 Å². The van der Waals surface area contributed by atoms with Gasteiger partial charge in [0.05, 0.1) is 6.04 Å². The molecule has 1 aromatic rings. The average molecular weight is 219 g/mol. The molecule has 1 aliphatic heterocycles. The molecule has 0 aliphatic carbocycles. The number of piperidine rings is 1. The minimum Gasteiger partial charge on any atom is -0.508 e. The number of hydrogen-bond acceptors (Lipinski definition) is 3. The highest BCUT2D eigenvalue weighted by atomic mass is 16.3. The Morgan fingerprint density at radius 1 is 1.38 bits per heavy atom. The van der Waals surface area contributed by atoms with E-state index in [0.717, 1.165) is 25.1 Å². The Bertz CT molecular complexity index is 372. The normalized spacial score (nSPS) is 22.3. The minimum atomic E-state index is -0.112. The summed E-state index contributed by atoms with van der Waals surface area (Å²) in [6, 6.07) is 6.85. The Morgan fingerprint density at radius 2 is 2.06 bits per heavy atom. The van der Waals surface area contributed by atoms with Crippen molar-refractivity contribution in [2.45, 2.75) is 25.8 Å². The summed E-state index contributed by atoms with van der Waals surface area (Å²) in [6.07, 6.45) is 1.63. The van der Waals surface area contributed by atoms with Crippen molar-refractivity contribution in [3.63, 3.8) is 0 Å². The highest BCUT2D eigenvalue weighted by Crippen LogP contribution is 2.28. The van der Waals surface area contributed by atoms with Crippen LogP contribution in [0.4, 0.5) is 0 Å². The molecule has 1 aliphatic rings. The maximum absolute atomic E-state index is 11.9. The number of carbonyl (C=O) groups excluding carboxylic acids is 1. The predicted molar refractivity (Wildman–Crippen MR) is 62.3 cm³/mol. The Labute approximate surface area is 95.7 Å². The summed E-state index contributed by atoms with van der Waals surface area (Å²) in [5.74, 6) is 0.536. The van der Waals surface area contributed by atoms with E-state index in [1.807, 2.05) is 12.1 Å². The lowest BCUT2D eigenvalue weighted by Crippen LogP contribution is -2.38. The summed E-state index contributed by atoms with van der Waals surface area (Å²) in [5.41, 5.74) is 0.990. The van der Waals surface area contributed by atoms with E-state index in [-0.39, 0.29) is 11.8 Å². The van der Waals surface area contributed by atoms with Crippen LogP contribution in [0.15, 0.2) is 24.3 Å². The zero-order valence-corrected chi connectivity index (χ0v) is 9.52. The van der Waals surface area contributed by atoms with E-state index in [0.29, 0.717) is 12.2 Å². The Hall–Kier alpha value is -1.35. The Balaban J connectivity index is 2.28. The fourth-order valence-electron chi connectivity index (χ4n) is 2.32. The molecular formula is C13H17NO2. The van der Waals surface area contributed by atoms with Gasteiger partial charge < -0.3 is 5.11 Å². The maximum Gasteiger partial charge on any atom is 0.154 e. The third-order valence-corrected chi connectivity index (χ3v) is 3.15. The second-order valence-electron chi connectivity index (χ2n) is 4.19. The number of rotatable bonds is 2. The number of benzene rings is 1. The van der Waals surface area contributed by atoms with Crippen molar-refractivity contribution in [3.8, 4) is 5.75 Å². The molecule has 1 aromatic carbocycles. The fourth-order valence-corrected chi connectivity index (χ4v) is 2.32. The van der Waals surface area contributed by atoms with Crippen molar-refractivity contribution in [3.05, 3.63) is 29.8 Å². The molecule has 0 amide bonds. The third kappa shape index (κ3) is 2.09. The first-order chi connectivity index (χ1) is 7.72. The summed E-state index contributed by atoms with van der Waals surface area (Å²) < 4.78 is 0. The number of ketones is 1. The van der Waals surface area contributed by atoms with Gasteiger partial charge in [-0.15, -0.1) is 0 Å². The first-order valence-corrected chi connectivity index (χ1v) is 5.78. The molecule has 1 saturated heterocycles. The molecule has 16 heavy (non-hydrogen) atoms. The molecule has 3 heteroatoms. The molecule has 1 fully saturated rings. The number of hydrogen-bond donors (Lipinski definition) is 1. The first kappa shape index (κ1) is 11.1. The minimum absolute atomic E-state index is 0.112. The summed E-state index contributed by atoms with van der Waals surface area (Å²) in [4.78, 5) is 14.1. The monoisotopic (exact) mass is 219 g/mol. The molecule has 3 nitrogen and oxygen atoms in total. The zero-order valence-electron chi connectivity index (χ0n) is 9.52. The van der Waals surface area contributed by atoms with Crippen LogP contribution in [0.25, 0.3) is 0 Å². The summed E-state index contributed by atoms with van der Waals surface area (Å²) in [6.45, 7) is 3.94. The van der Waals surface area contributed by atoms with E-state index < -0.39 is 0 Å². The highest BCUT2D eigenvalue weighted by molar-refractivity contribution is 5.86. The van der Waals surface area contributed by atoms with Crippen LogP contribution in [-0.2, 0) is 4.79 Å². The number of Topliss-reactive ketones (excluding diaryl/α,β-unsaturated/α-hetero) is 1. The molecule has 1 heterocycles. The third-order valence-electron chi connectivity index (χ3n) is 3.15. The smallest absolute Gasteiger partial charge is 0.154 e. The van der Waals surface area contributed by atoms with Gasteiger partial charge in [-0.1, -0.05) is 19.1 Å². The number of nitrogens with zero attached hydrogens (tertiary/aromatic N) is 1. The van der Waals surface area contributed by atoms with Gasteiger partial charge in [-0.2, -0.15) is 0 Å². The first-order valence-electron chi connectivity index (χ1n) is 5.78. The summed E-state index contributed by atoms with van der Waals surface area (Å²) >= 11 is 0. The molecular weight excluding hydrogens is 202 g/mol. The lowest BCUT2D eigenvalue weighted by molar-refractivity contribution is -0.127. The number of aromatic hydroxyl groups is 1. The van der Waals surface area contributed by atoms with E-state index in [1.165, 1.54) is 0 Å². The van der Waals surface area contributed by atoms with Crippen molar-refractivity contribution in [1.29, 1.82) is 0 Å². The van der Waals surface area contributed by atoms with E-state index >= 15 is 0 Å². The molecule has 1 atom stereocenters. The molecule has 0 radical (unpaired) electrons. The van der Waals surface area contributed by atoms with E-state index in [4.69, 9.17) is 0 Å². The maximum atomic E-state index is 11.9. The van der Waals surface area contributed by atoms with Crippen molar-refractivity contribution in [2.75, 3.05) is 13.1 Å². The van der Waals surface area contributed by atoms with Crippen LogP contribution in [0.5, 0.6) is 5.75 Å². The van der Waals surface area contributed by atoms with Crippen LogP contribution in [0, 0.1) is 0 Å². The van der Waals surface area contributed by atoms with E-state index in [9.17, 15) is 9.90 Å². The Kier molecular flexibility index (Phi) is 3.25. The van der Waals surface area contributed by atoms with Crippen LogP contribution in [0.1, 0.15) is 31.4 Å². The average Bonchev–Trinajstić information content (AvgIpc) is 2.30. The second-order valence-corrected chi connectivity index (χ2v) is 4.19. The van der Waals surface area contributed by atoms with Gasteiger partial charge >= 0.3 is 0 Å². The van der Waals surface area contributed by atoms with Crippen LogP contribution in [0.3, 0.4) is 0 Å². The largest absolute Gasteiger partial charge is 0.508 e. The standard InChI is InChI=1S/C13H17NO2/c1-2-14-9-3-4-12(16)13(14)10-5-7-11(15)8-6-10/h5-8,13,15H,2-4,9H2,1H3. The second kappa shape index (κ2) is 4.66. The van der Waals surface area contributed by atoms with E-state index in [2.05, 4.69) is 11.8 Å². The number of likely N-dealkylation sites (N-methyl/N-ethyl adjacent to an activating group) is 1. The zero-order chi connectivity index (χ0) is 11.5. The van der Waals surface area contributed by atoms with Crippen LogP contribution in [-0.4, -0.2) is 28.9 Å². The van der Waals surface area contributed by atoms with Crippen molar-refractivity contribution >= 4 is 5.78 Å². The van der Waals surface area contributed by atoms with Gasteiger partial charge in [0.15, 0.2) is 5.78 Å².